The molecule has 0 aliphatic carbocycles. The van der Waals surface area contributed by atoms with Crippen LogP contribution in [-0.2, 0) is 23.6 Å². The number of aliphatic hydroxyl groups excluding tert-OH is 1. The highest BCUT2D eigenvalue weighted by Gasteiger charge is 2.50. The van der Waals surface area contributed by atoms with Gasteiger partial charge in [0.15, 0.2) is 5.54 Å². The molecule has 1 aliphatic rings. The Morgan fingerprint density at radius 1 is 1.07 bits per heavy atom. The van der Waals surface area contributed by atoms with Crippen molar-refractivity contribution in [3.8, 4) is 0 Å². The Balaban J connectivity index is 2.70. The standard InChI is InChI=1S/C20H38BNO7/c1-9-26-15(24)20(14-23,22-16(25)27-17(2,3)4)12-10-11-13-21-28-18(5,6)19(7,8)29-21/h23H,9-14H2,1-8H3,(H,22,25). The topological polar surface area (TPSA) is 103 Å². The van der Waals surface area contributed by atoms with E-state index in [-0.39, 0.29) is 20.1 Å². The first-order valence-corrected chi connectivity index (χ1v) is 10.3. The summed E-state index contributed by atoms with van der Waals surface area (Å²) in [6.07, 6.45) is 1.32. The van der Waals surface area contributed by atoms with E-state index in [1.165, 1.54) is 0 Å². The maximum atomic E-state index is 12.5. The van der Waals surface area contributed by atoms with Crippen LogP contribution in [-0.4, -0.2) is 59.8 Å². The van der Waals surface area contributed by atoms with Crippen molar-refractivity contribution >= 4 is 19.2 Å². The van der Waals surface area contributed by atoms with E-state index in [0.717, 1.165) is 0 Å². The van der Waals surface area contributed by atoms with Crippen molar-refractivity contribution in [3.63, 3.8) is 0 Å². The van der Waals surface area contributed by atoms with Gasteiger partial charge >= 0.3 is 19.2 Å². The zero-order valence-electron chi connectivity index (χ0n) is 19.2. The third-order valence-electron chi connectivity index (χ3n) is 5.27. The van der Waals surface area contributed by atoms with Crippen LogP contribution in [0.1, 0.15) is 74.7 Å². The van der Waals surface area contributed by atoms with Crippen LogP contribution in [0.15, 0.2) is 0 Å². The molecule has 29 heavy (non-hydrogen) atoms. The Morgan fingerprint density at radius 2 is 1.62 bits per heavy atom. The highest BCUT2D eigenvalue weighted by molar-refractivity contribution is 6.45. The molecular weight excluding hydrogens is 377 g/mol. The van der Waals surface area contributed by atoms with Crippen LogP contribution in [0.4, 0.5) is 4.79 Å². The number of esters is 1. The fraction of sp³-hybridized carbons (Fsp3) is 0.900. The molecule has 9 heteroatoms. The van der Waals surface area contributed by atoms with Crippen molar-refractivity contribution in [2.24, 2.45) is 0 Å². The van der Waals surface area contributed by atoms with Gasteiger partial charge in [0.1, 0.15) is 5.60 Å². The minimum atomic E-state index is -1.55. The van der Waals surface area contributed by atoms with E-state index in [0.29, 0.717) is 19.2 Å². The molecule has 0 aromatic heterocycles. The lowest BCUT2D eigenvalue weighted by atomic mass is 9.81. The molecule has 1 atom stereocenters. The minimum Gasteiger partial charge on any atom is -0.464 e. The molecular formula is C20H38BNO7. The van der Waals surface area contributed by atoms with Gasteiger partial charge in [0.2, 0.25) is 0 Å². The summed E-state index contributed by atoms with van der Waals surface area (Å²) >= 11 is 0. The Hall–Kier alpha value is -1.32. The molecule has 1 fully saturated rings. The number of amides is 1. The zero-order valence-corrected chi connectivity index (χ0v) is 19.2. The quantitative estimate of drug-likeness (QED) is 0.339. The molecule has 0 spiro atoms. The number of aliphatic hydroxyl groups is 1. The van der Waals surface area contributed by atoms with Crippen LogP contribution in [0.5, 0.6) is 0 Å². The lowest BCUT2D eigenvalue weighted by Gasteiger charge is -2.32. The van der Waals surface area contributed by atoms with Crippen LogP contribution in [0.3, 0.4) is 0 Å². The molecule has 2 N–H and O–H groups in total. The second-order valence-corrected chi connectivity index (χ2v) is 9.52. The van der Waals surface area contributed by atoms with E-state index in [9.17, 15) is 14.7 Å². The van der Waals surface area contributed by atoms with Crippen LogP contribution in [0, 0.1) is 0 Å². The summed E-state index contributed by atoms with van der Waals surface area (Å²) in [4.78, 5) is 24.8. The molecule has 0 saturated carbocycles. The van der Waals surface area contributed by atoms with Gasteiger partial charge in [0, 0.05) is 0 Å². The average molecular weight is 415 g/mol. The van der Waals surface area contributed by atoms with E-state index in [1.54, 1.807) is 27.7 Å². The first kappa shape index (κ1) is 25.7. The van der Waals surface area contributed by atoms with Gasteiger partial charge < -0.3 is 29.2 Å². The second-order valence-electron chi connectivity index (χ2n) is 9.52. The number of ether oxygens (including phenoxy) is 2. The van der Waals surface area contributed by atoms with Crippen molar-refractivity contribution in [2.45, 2.75) is 103 Å². The highest BCUT2D eigenvalue weighted by Crippen LogP contribution is 2.38. The summed E-state index contributed by atoms with van der Waals surface area (Å²) in [7, 11) is -0.329. The van der Waals surface area contributed by atoms with Crippen molar-refractivity contribution < 1.29 is 33.5 Å². The van der Waals surface area contributed by atoms with Gasteiger partial charge in [-0.3, -0.25) is 0 Å². The molecule has 0 radical (unpaired) electrons. The van der Waals surface area contributed by atoms with Gasteiger partial charge in [0.05, 0.1) is 24.4 Å². The fourth-order valence-electron chi connectivity index (χ4n) is 2.99. The normalized spacial score (nSPS) is 20.1. The molecule has 1 heterocycles. The first-order chi connectivity index (χ1) is 13.2. The first-order valence-electron chi connectivity index (χ1n) is 10.3. The van der Waals surface area contributed by atoms with Gasteiger partial charge in [0.25, 0.3) is 0 Å². The molecule has 1 amide bonds. The maximum absolute atomic E-state index is 12.5. The Kier molecular flexibility index (Phi) is 8.57. The maximum Gasteiger partial charge on any atom is 0.457 e. The fourth-order valence-corrected chi connectivity index (χ4v) is 2.99. The number of hydrogen-bond acceptors (Lipinski definition) is 7. The second kappa shape index (κ2) is 9.66. The summed E-state index contributed by atoms with van der Waals surface area (Å²) in [5.41, 5.74) is -3.06. The SMILES string of the molecule is CCOC(=O)C(CO)(CCCCB1OC(C)(C)C(C)(C)O1)NC(=O)OC(C)(C)C. The zero-order chi connectivity index (χ0) is 22.5. The van der Waals surface area contributed by atoms with E-state index in [4.69, 9.17) is 18.8 Å². The van der Waals surface area contributed by atoms with Gasteiger partial charge in [-0.15, -0.1) is 0 Å². The van der Waals surface area contributed by atoms with Crippen molar-refractivity contribution in [2.75, 3.05) is 13.2 Å². The number of rotatable bonds is 9. The number of nitrogens with one attached hydrogen (secondary N) is 1. The van der Waals surface area contributed by atoms with Gasteiger partial charge in [-0.1, -0.05) is 12.8 Å². The lowest BCUT2D eigenvalue weighted by molar-refractivity contribution is -0.153. The summed E-state index contributed by atoms with van der Waals surface area (Å²) < 4.78 is 22.3. The third kappa shape index (κ3) is 7.15. The highest BCUT2D eigenvalue weighted by atomic mass is 16.7. The van der Waals surface area contributed by atoms with Crippen LogP contribution in [0.25, 0.3) is 0 Å². The average Bonchev–Trinajstić information content (AvgIpc) is 2.76. The molecule has 1 saturated heterocycles. The Morgan fingerprint density at radius 3 is 2.07 bits per heavy atom. The van der Waals surface area contributed by atoms with Crippen molar-refractivity contribution in [3.05, 3.63) is 0 Å². The third-order valence-corrected chi connectivity index (χ3v) is 5.27. The molecule has 1 rings (SSSR count). The molecule has 1 aliphatic heterocycles. The number of carbonyl (C=O) groups is 2. The molecule has 0 bridgehead atoms. The summed E-state index contributed by atoms with van der Waals surface area (Å²) in [6, 6.07) is 0. The number of hydrogen-bond donors (Lipinski definition) is 2. The monoisotopic (exact) mass is 415 g/mol. The molecule has 8 nitrogen and oxygen atoms in total. The summed E-state index contributed by atoms with van der Waals surface area (Å²) in [6.45, 7) is 14.4. The molecule has 1 unspecified atom stereocenters. The molecule has 168 valence electrons. The van der Waals surface area contributed by atoms with Crippen LogP contribution in [0.2, 0.25) is 6.32 Å². The van der Waals surface area contributed by atoms with E-state index in [1.807, 2.05) is 27.7 Å². The number of alkyl carbamates (subject to hydrolysis) is 1. The number of carbonyl (C=O) groups excluding carboxylic acids is 2. The summed E-state index contributed by atoms with van der Waals surface area (Å²) in [5.74, 6) is -0.677. The van der Waals surface area contributed by atoms with E-state index in [2.05, 4.69) is 5.32 Å². The Bertz CT molecular complexity index is 558. The predicted molar refractivity (Wildman–Crippen MR) is 111 cm³/mol. The minimum absolute atomic E-state index is 0.143. The predicted octanol–water partition coefficient (Wildman–Crippen LogP) is 3.07. The van der Waals surface area contributed by atoms with Gasteiger partial charge in [-0.05, 0) is 68.1 Å². The van der Waals surface area contributed by atoms with E-state index < -0.39 is 41.0 Å². The summed E-state index contributed by atoms with van der Waals surface area (Å²) in [5, 5.41) is 12.5. The van der Waals surface area contributed by atoms with Gasteiger partial charge in [-0.25, -0.2) is 9.59 Å². The largest absolute Gasteiger partial charge is 0.464 e. The van der Waals surface area contributed by atoms with Gasteiger partial charge in [-0.2, -0.15) is 0 Å². The van der Waals surface area contributed by atoms with Crippen LogP contribution >= 0.6 is 0 Å². The lowest BCUT2D eigenvalue weighted by Crippen LogP contribution is -2.58. The van der Waals surface area contributed by atoms with Crippen molar-refractivity contribution in [1.29, 1.82) is 0 Å². The smallest absolute Gasteiger partial charge is 0.457 e. The van der Waals surface area contributed by atoms with E-state index >= 15 is 0 Å². The van der Waals surface area contributed by atoms with Crippen LogP contribution < -0.4 is 5.32 Å². The molecule has 0 aromatic rings. The van der Waals surface area contributed by atoms with Crippen molar-refractivity contribution in [1.82, 2.24) is 5.32 Å². The molecule has 0 aromatic carbocycles. The Labute approximate surface area is 175 Å². The number of unbranched alkanes of at least 4 members (excludes halogenated alkanes) is 1.